The highest BCUT2D eigenvalue weighted by Gasteiger charge is 2.22. The number of urea groups is 1. The van der Waals surface area contributed by atoms with E-state index in [1.807, 2.05) is 12.5 Å². The Hall–Kier alpha value is -1.65. The Morgan fingerprint density at radius 3 is 2.52 bits per heavy atom. The van der Waals surface area contributed by atoms with Gasteiger partial charge in [0.2, 0.25) is 5.95 Å². The van der Waals surface area contributed by atoms with Gasteiger partial charge in [-0.1, -0.05) is 0 Å². The van der Waals surface area contributed by atoms with Crippen LogP contribution in [0.1, 0.15) is 10.4 Å². The molecule has 0 spiro atoms. The maximum Gasteiger partial charge on any atom is 0.328 e. The van der Waals surface area contributed by atoms with Crippen LogP contribution in [-0.4, -0.2) is 38.8 Å². The minimum Gasteiger partial charge on any atom is -0.276 e. The number of nitrogens with one attached hydrogen (secondary N) is 2. The molecular formula is C11H11N5O2S3. The molecule has 2 aromatic heterocycles. The Kier molecular flexibility index (Phi) is 5.53. The zero-order valence-electron chi connectivity index (χ0n) is 11.1. The molecule has 0 fully saturated rings. The highest BCUT2D eigenvalue weighted by Crippen LogP contribution is 2.32. The molecule has 2 rings (SSSR count). The SMILES string of the molecule is CSc1nsc(SC)c1C(=O)NC(=O)Nc1ncccn1. The van der Waals surface area contributed by atoms with E-state index < -0.39 is 11.9 Å². The second-order valence-electron chi connectivity index (χ2n) is 3.54. The van der Waals surface area contributed by atoms with Gasteiger partial charge in [-0.25, -0.2) is 14.8 Å². The maximum absolute atomic E-state index is 12.2. The Bertz CT molecular complexity index is 625. The summed E-state index contributed by atoms with van der Waals surface area (Å²) in [6, 6.07) is 0.942. The molecule has 10 heteroatoms. The minimum atomic E-state index is -0.684. The molecular weight excluding hydrogens is 330 g/mol. The zero-order chi connectivity index (χ0) is 15.2. The predicted octanol–water partition coefficient (Wildman–Crippen LogP) is 2.34. The number of aromatic nitrogens is 3. The third-order valence-corrected chi connectivity index (χ3v) is 4.99. The van der Waals surface area contributed by atoms with Crippen LogP contribution in [0.3, 0.4) is 0 Å². The van der Waals surface area contributed by atoms with Crippen LogP contribution in [0.15, 0.2) is 27.7 Å². The summed E-state index contributed by atoms with van der Waals surface area (Å²) in [7, 11) is 0. The van der Waals surface area contributed by atoms with E-state index in [-0.39, 0.29) is 5.95 Å². The first-order valence-corrected chi connectivity index (χ1v) is 8.85. The molecule has 110 valence electrons. The zero-order valence-corrected chi connectivity index (χ0v) is 13.6. The van der Waals surface area contributed by atoms with Crippen LogP contribution in [0.4, 0.5) is 10.7 Å². The van der Waals surface area contributed by atoms with Crippen molar-refractivity contribution in [3.63, 3.8) is 0 Å². The third-order valence-electron chi connectivity index (χ3n) is 2.25. The summed E-state index contributed by atoms with van der Waals surface area (Å²) >= 11 is 4.01. The van der Waals surface area contributed by atoms with Gasteiger partial charge in [-0.2, -0.15) is 4.37 Å². The smallest absolute Gasteiger partial charge is 0.276 e. The standard InChI is InChI=1S/C11H11N5O2S3/c1-19-8-6(9(20-2)21-16-8)7(17)14-11(18)15-10-12-4-3-5-13-10/h3-5H,1-2H3,(H2,12,13,14,15,17,18). The minimum absolute atomic E-state index is 0.126. The lowest BCUT2D eigenvalue weighted by Crippen LogP contribution is -2.35. The number of hydrogen-bond acceptors (Lipinski definition) is 8. The van der Waals surface area contributed by atoms with Gasteiger partial charge in [0.15, 0.2) is 0 Å². The van der Waals surface area contributed by atoms with E-state index in [1.165, 1.54) is 47.4 Å². The van der Waals surface area contributed by atoms with Gasteiger partial charge in [-0.15, -0.1) is 23.5 Å². The van der Waals surface area contributed by atoms with E-state index >= 15 is 0 Å². The van der Waals surface area contributed by atoms with Crippen molar-refractivity contribution in [1.82, 2.24) is 19.7 Å². The van der Waals surface area contributed by atoms with Crippen molar-refractivity contribution in [3.8, 4) is 0 Å². The number of nitrogens with zero attached hydrogens (tertiary/aromatic N) is 3. The van der Waals surface area contributed by atoms with E-state index in [4.69, 9.17) is 0 Å². The second kappa shape index (κ2) is 7.38. The van der Waals surface area contributed by atoms with Gasteiger partial charge in [0, 0.05) is 12.4 Å². The molecule has 2 N–H and O–H groups in total. The van der Waals surface area contributed by atoms with Crippen molar-refractivity contribution in [2.75, 3.05) is 17.8 Å². The monoisotopic (exact) mass is 341 g/mol. The molecule has 0 aliphatic carbocycles. The second-order valence-corrected chi connectivity index (χ2v) is 6.18. The first-order chi connectivity index (χ1) is 10.2. The third kappa shape index (κ3) is 3.93. The molecule has 0 aliphatic rings. The van der Waals surface area contributed by atoms with Crippen molar-refractivity contribution in [3.05, 3.63) is 24.0 Å². The van der Waals surface area contributed by atoms with Crippen LogP contribution in [-0.2, 0) is 0 Å². The summed E-state index contributed by atoms with van der Waals surface area (Å²) in [6.07, 6.45) is 6.66. The van der Waals surface area contributed by atoms with Crippen LogP contribution >= 0.6 is 35.1 Å². The van der Waals surface area contributed by atoms with Gasteiger partial charge in [0.1, 0.15) is 5.03 Å². The van der Waals surface area contributed by atoms with Gasteiger partial charge in [-0.05, 0) is 30.1 Å². The van der Waals surface area contributed by atoms with Gasteiger partial charge < -0.3 is 0 Å². The summed E-state index contributed by atoms with van der Waals surface area (Å²) in [5.41, 5.74) is 0.420. The summed E-state index contributed by atoms with van der Waals surface area (Å²) in [5.74, 6) is -0.368. The van der Waals surface area contributed by atoms with Crippen LogP contribution in [0.25, 0.3) is 0 Å². The van der Waals surface area contributed by atoms with Crippen molar-refractivity contribution < 1.29 is 9.59 Å². The van der Waals surface area contributed by atoms with Crippen LogP contribution in [0.5, 0.6) is 0 Å². The summed E-state index contributed by atoms with van der Waals surface area (Å²) in [5, 5.41) is 5.24. The fourth-order valence-electron chi connectivity index (χ4n) is 1.39. The van der Waals surface area contributed by atoms with Crippen molar-refractivity contribution in [1.29, 1.82) is 0 Å². The highest BCUT2D eigenvalue weighted by molar-refractivity contribution is 8.01. The first kappa shape index (κ1) is 15.7. The number of carbonyl (C=O) groups is 2. The number of carbonyl (C=O) groups excluding carboxylic acids is 2. The molecule has 0 aliphatic heterocycles. The van der Waals surface area contributed by atoms with Gasteiger partial charge in [0.25, 0.3) is 5.91 Å². The predicted molar refractivity (Wildman–Crippen MR) is 84.2 cm³/mol. The maximum atomic E-state index is 12.2. The molecule has 0 bridgehead atoms. The molecule has 0 aromatic carbocycles. The molecule has 3 amide bonds. The molecule has 2 heterocycles. The molecule has 7 nitrogen and oxygen atoms in total. The molecule has 21 heavy (non-hydrogen) atoms. The Morgan fingerprint density at radius 2 is 1.90 bits per heavy atom. The topological polar surface area (TPSA) is 96.9 Å². The summed E-state index contributed by atoms with van der Waals surface area (Å²) in [4.78, 5) is 31.6. The van der Waals surface area contributed by atoms with Crippen molar-refractivity contribution in [2.45, 2.75) is 9.24 Å². The highest BCUT2D eigenvalue weighted by atomic mass is 32.2. The number of amides is 3. The largest absolute Gasteiger partial charge is 0.328 e. The normalized spacial score (nSPS) is 10.2. The lowest BCUT2D eigenvalue weighted by Gasteiger charge is -2.06. The van der Waals surface area contributed by atoms with Gasteiger partial charge in [0.05, 0.1) is 9.77 Å². The quantitative estimate of drug-likeness (QED) is 0.824. The van der Waals surface area contributed by atoms with Crippen molar-refractivity contribution >= 4 is 52.9 Å². The van der Waals surface area contributed by atoms with E-state index in [1.54, 1.807) is 6.07 Å². The fourth-order valence-corrected chi connectivity index (χ4v) is 3.67. The van der Waals surface area contributed by atoms with E-state index in [9.17, 15) is 9.59 Å². The number of anilines is 1. The molecule has 0 saturated carbocycles. The lowest BCUT2D eigenvalue weighted by molar-refractivity contribution is 0.0961. The van der Waals surface area contributed by atoms with E-state index in [0.717, 1.165) is 4.21 Å². The van der Waals surface area contributed by atoms with Crippen molar-refractivity contribution in [2.24, 2.45) is 0 Å². The van der Waals surface area contributed by atoms with E-state index in [0.29, 0.717) is 10.6 Å². The number of rotatable bonds is 4. The fraction of sp³-hybridized carbons (Fsp3) is 0.182. The summed E-state index contributed by atoms with van der Waals surface area (Å²) < 4.78 is 4.95. The van der Waals surface area contributed by atoms with Gasteiger partial charge >= 0.3 is 6.03 Å². The molecule has 0 unspecified atom stereocenters. The Labute approximate surface area is 133 Å². The Balaban J connectivity index is 2.07. The average Bonchev–Trinajstić information content (AvgIpc) is 2.91. The summed E-state index contributed by atoms with van der Waals surface area (Å²) in [6.45, 7) is 0. The number of hydrogen-bond donors (Lipinski definition) is 2. The molecule has 2 aromatic rings. The van der Waals surface area contributed by atoms with Crippen LogP contribution < -0.4 is 10.6 Å². The average molecular weight is 341 g/mol. The molecule has 0 atom stereocenters. The molecule has 0 radical (unpaired) electrons. The van der Waals surface area contributed by atoms with Gasteiger partial charge in [-0.3, -0.25) is 15.4 Å². The lowest BCUT2D eigenvalue weighted by atomic mass is 10.3. The first-order valence-electron chi connectivity index (χ1n) is 5.62. The molecule has 0 saturated heterocycles. The number of imide groups is 1. The van der Waals surface area contributed by atoms with Crippen LogP contribution in [0, 0.1) is 0 Å². The van der Waals surface area contributed by atoms with E-state index in [2.05, 4.69) is 25.0 Å². The Morgan fingerprint density at radius 1 is 1.19 bits per heavy atom. The number of thioether (sulfide) groups is 2. The van der Waals surface area contributed by atoms with Crippen LogP contribution in [0.2, 0.25) is 0 Å².